The molecule has 0 radical (unpaired) electrons. The Morgan fingerprint density at radius 2 is 1.84 bits per heavy atom. The smallest absolute Gasteiger partial charge is 0.419 e. The van der Waals surface area contributed by atoms with Crippen LogP contribution < -0.4 is 10.5 Å². The van der Waals surface area contributed by atoms with Crippen molar-refractivity contribution in [3.05, 3.63) is 47.8 Å². The lowest BCUT2D eigenvalue weighted by molar-refractivity contribution is -0.140. The molecule has 2 aromatic rings. The van der Waals surface area contributed by atoms with Crippen molar-refractivity contribution in [2.75, 3.05) is 5.73 Å². The third-order valence-electron chi connectivity index (χ3n) is 2.21. The molecule has 1 heterocycles. The molecule has 0 unspecified atom stereocenters. The molecule has 1 aromatic heterocycles. The molecule has 0 atom stereocenters. The maximum absolute atomic E-state index is 13.1. The molecule has 7 heteroatoms. The van der Waals surface area contributed by atoms with E-state index in [0.29, 0.717) is 12.1 Å². The Morgan fingerprint density at radius 3 is 2.47 bits per heavy atom. The predicted octanol–water partition coefficient (Wildman–Crippen LogP) is 3.61. The summed E-state index contributed by atoms with van der Waals surface area (Å²) in [7, 11) is 0. The number of rotatable bonds is 2. The van der Waals surface area contributed by atoms with Crippen LogP contribution in [0.25, 0.3) is 0 Å². The van der Waals surface area contributed by atoms with Gasteiger partial charge in [-0.15, -0.1) is 0 Å². The number of benzene rings is 1. The van der Waals surface area contributed by atoms with Gasteiger partial charge in [-0.1, -0.05) is 6.07 Å². The first-order chi connectivity index (χ1) is 8.86. The minimum absolute atomic E-state index is 0.0275. The number of ether oxygens (including phenoxy) is 1. The zero-order chi connectivity index (χ0) is 14.0. The van der Waals surface area contributed by atoms with E-state index < -0.39 is 17.6 Å². The van der Waals surface area contributed by atoms with Gasteiger partial charge in [-0.2, -0.15) is 18.2 Å². The molecule has 0 amide bonds. The number of nitrogens with two attached hydrogens (primary N) is 1. The van der Waals surface area contributed by atoms with Gasteiger partial charge in [0.15, 0.2) is 0 Å². The minimum atomic E-state index is -4.79. The number of alkyl halides is 3. The Kier molecular flexibility index (Phi) is 3.28. The van der Waals surface area contributed by atoms with Gasteiger partial charge in [0, 0.05) is 6.07 Å². The van der Waals surface area contributed by atoms with Crippen molar-refractivity contribution in [2.45, 2.75) is 6.18 Å². The predicted molar refractivity (Wildman–Crippen MR) is 60.1 cm³/mol. The van der Waals surface area contributed by atoms with E-state index in [9.17, 15) is 17.6 Å². The van der Waals surface area contributed by atoms with E-state index in [1.165, 1.54) is 18.2 Å². The monoisotopic (exact) mass is 272 g/mol. The molecule has 0 aliphatic rings. The molecular formula is C12H8F4N2O. The van der Waals surface area contributed by atoms with Gasteiger partial charge in [0.2, 0.25) is 5.88 Å². The van der Waals surface area contributed by atoms with Gasteiger partial charge >= 0.3 is 6.18 Å². The maximum Gasteiger partial charge on any atom is 0.419 e. The Bertz CT molecular complexity index is 599. The molecule has 0 spiro atoms. The average Bonchev–Trinajstić information content (AvgIpc) is 2.30. The summed E-state index contributed by atoms with van der Waals surface area (Å²) in [6.45, 7) is 0. The molecule has 0 aliphatic heterocycles. The second-order valence-corrected chi connectivity index (χ2v) is 3.64. The Morgan fingerprint density at radius 1 is 1.11 bits per heavy atom. The van der Waals surface area contributed by atoms with Crippen molar-refractivity contribution in [1.29, 1.82) is 0 Å². The van der Waals surface area contributed by atoms with Crippen LogP contribution in [0, 0.1) is 5.82 Å². The Labute approximate surface area is 105 Å². The Hall–Kier alpha value is -2.31. The van der Waals surface area contributed by atoms with Crippen molar-refractivity contribution in [3.63, 3.8) is 0 Å². The van der Waals surface area contributed by atoms with Gasteiger partial charge in [-0.05, 0) is 24.3 Å². The topological polar surface area (TPSA) is 48.1 Å². The molecule has 0 bridgehead atoms. The fraction of sp³-hybridized carbons (Fsp3) is 0.0833. The van der Waals surface area contributed by atoms with Crippen LogP contribution in [0.15, 0.2) is 36.4 Å². The fourth-order valence-corrected chi connectivity index (χ4v) is 1.39. The van der Waals surface area contributed by atoms with Crippen molar-refractivity contribution in [1.82, 2.24) is 4.98 Å². The number of hydrogen-bond acceptors (Lipinski definition) is 3. The summed E-state index contributed by atoms with van der Waals surface area (Å²) in [6.07, 6.45) is -4.79. The van der Waals surface area contributed by atoms with E-state index in [4.69, 9.17) is 10.5 Å². The second-order valence-electron chi connectivity index (χ2n) is 3.64. The molecule has 100 valence electrons. The molecule has 3 nitrogen and oxygen atoms in total. The third kappa shape index (κ3) is 3.12. The van der Waals surface area contributed by atoms with Crippen molar-refractivity contribution >= 4 is 5.82 Å². The van der Waals surface area contributed by atoms with Crippen molar-refractivity contribution < 1.29 is 22.3 Å². The minimum Gasteiger partial charge on any atom is -0.439 e. The van der Waals surface area contributed by atoms with Crippen molar-refractivity contribution in [2.24, 2.45) is 0 Å². The van der Waals surface area contributed by atoms with Crippen LogP contribution in [0.1, 0.15) is 5.56 Å². The summed E-state index contributed by atoms with van der Waals surface area (Å²) in [5.74, 6) is -1.34. The first-order valence-corrected chi connectivity index (χ1v) is 5.13. The van der Waals surface area contributed by atoms with Gasteiger partial charge in [0.05, 0.1) is 5.56 Å². The van der Waals surface area contributed by atoms with Crippen LogP contribution in [0.4, 0.5) is 23.4 Å². The Balaban J connectivity index is 2.32. The summed E-state index contributed by atoms with van der Waals surface area (Å²) in [6, 6.07) is 6.79. The summed E-state index contributed by atoms with van der Waals surface area (Å²) in [4.78, 5) is 3.76. The lowest BCUT2D eigenvalue weighted by atomic mass is 10.2. The third-order valence-corrected chi connectivity index (χ3v) is 2.21. The van der Waals surface area contributed by atoms with Gasteiger partial charge < -0.3 is 10.5 Å². The highest BCUT2D eigenvalue weighted by Gasteiger charge is 2.34. The van der Waals surface area contributed by atoms with Crippen LogP contribution >= 0.6 is 0 Å². The SMILES string of the molecule is Nc1cccc(Oc2ccc(F)c(C(F)(F)F)c2)n1. The lowest BCUT2D eigenvalue weighted by Gasteiger charge is -2.10. The molecule has 0 aliphatic carbocycles. The normalized spacial score (nSPS) is 11.4. The van der Waals surface area contributed by atoms with Crippen LogP contribution in [0.5, 0.6) is 11.6 Å². The molecule has 2 N–H and O–H groups in total. The summed E-state index contributed by atoms with van der Waals surface area (Å²) < 4.78 is 55.7. The van der Waals surface area contributed by atoms with Crippen LogP contribution in [-0.2, 0) is 6.18 Å². The van der Waals surface area contributed by atoms with Crippen molar-refractivity contribution in [3.8, 4) is 11.6 Å². The van der Waals surface area contributed by atoms with E-state index in [2.05, 4.69) is 4.98 Å². The van der Waals surface area contributed by atoms with E-state index >= 15 is 0 Å². The first kappa shape index (κ1) is 13.1. The summed E-state index contributed by atoms with van der Waals surface area (Å²) in [5, 5.41) is 0. The standard InChI is InChI=1S/C12H8F4N2O/c13-9-5-4-7(6-8(9)12(14,15)16)19-11-3-1-2-10(17)18-11/h1-6H,(H2,17,18). The van der Waals surface area contributed by atoms with Gasteiger partial charge in [0.1, 0.15) is 17.4 Å². The number of nitrogens with zero attached hydrogens (tertiary/aromatic N) is 1. The number of anilines is 1. The maximum atomic E-state index is 13.1. The number of nitrogen functional groups attached to an aromatic ring is 1. The molecule has 1 aromatic carbocycles. The van der Waals surface area contributed by atoms with E-state index in [-0.39, 0.29) is 17.4 Å². The van der Waals surface area contributed by atoms with Crippen LogP contribution in [0.3, 0.4) is 0 Å². The second kappa shape index (κ2) is 4.75. The van der Waals surface area contributed by atoms with Gasteiger partial charge in [-0.3, -0.25) is 0 Å². The number of aromatic nitrogens is 1. The molecule has 0 saturated heterocycles. The number of pyridine rings is 1. The molecule has 2 rings (SSSR count). The zero-order valence-corrected chi connectivity index (χ0v) is 9.41. The highest BCUT2D eigenvalue weighted by molar-refractivity contribution is 5.36. The summed E-state index contributed by atoms with van der Waals surface area (Å²) in [5.41, 5.74) is 4.01. The van der Waals surface area contributed by atoms with E-state index in [0.717, 1.165) is 6.07 Å². The first-order valence-electron chi connectivity index (χ1n) is 5.13. The largest absolute Gasteiger partial charge is 0.439 e. The quantitative estimate of drug-likeness (QED) is 0.849. The lowest BCUT2D eigenvalue weighted by Crippen LogP contribution is -2.08. The number of hydrogen-bond donors (Lipinski definition) is 1. The van der Waals surface area contributed by atoms with E-state index in [1.54, 1.807) is 0 Å². The average molecular weight is 272 g/mol. The van der Waals surface area contributed by atoms with Gasteiger partial charge in [0.25, 0.3) is 0 Å². The highest BCUT2D eigenvalue weighted by atomic mass is 19.4. The summed E-state index contributed by atoms with van der Waals surface area (Å²) >= 11 is 0. The van der Waals surface area contributed by atoms with Crippen LogP contribution in [0.2, 0.25) is 0 Å². The fourth-order valence-electron chi connectivity index (χ4n) is 1.39. The highest BCUT2D eigenvalue weighted by Crippen LogP contribution is 2.34. The molecule has 19 heavy (non-hydrogen) atoms. The zero-order valence-electron chi connectivity index (χ0n) is 9.41. The van der Waals surface area contributed by atoms with Crippen LogP contribution in [-0.4, -0.2) is 4.98 Å². The molecular weight excluding hydrogens is 264 g/mol. The van der Waals surface area contributed by atoms with Gasteiger partial charge in [-0.25, -0.2) is 4.39 Å². The molecule has 0 saturated carbocycles. The number of halogens is 4. The molecule has 0 fully saturated rings. The van der Waals surface area contributed by atoms with E-state index in [1.807, 2.05) is 0 Å².